The Hall–Kier alpha value is -2.62. The lowest BCUT2D eigenvalue weighted by Gasteiger charge is -2.18. The van der Waals surface area contributed by atoms with Gasteiger partial charge in [0.1, 0.15) is 0 Å². The number of hydrogen-bond donors (Lipinski definition) is 0. The fourth-order valence-corrected chi connectivity index (χ4v) is 2.82. The van der Waals surface area contributed by atoms with Gasteiger partial charge in [0, 0.05) is 37.5 Å². The fourth-order valence-electron chi connectivity index (χ4n) is 2.82. The van der Waals surface area contributed by atoms with Crippen molar-refractivity contribution in [2.45, 2.75) is 13.3 Å². The summed E-state index contributed by atoms with van der Waals surface area (Å²) in [5.41, 5.74) is 3.49. The molecule has 0 radical (unpaired) electrons. The van der Waals surface area contributed by atoms with Gasteiger partial charge in [-0.25, -0.2) is 0 Å². The molecule has 0 bridgehead atoms. The average molecular weight is 294 g/mol. The SMILES string of the molecule is CC(=O)N1CCc2cc(C(=O)N(C)c3ccccc3)ccc21. The highest BCUT2D eigenvalue weighted by Crippen LogP contribution is 2.29. The second-order valence-electron chi connectivity index (χ2n) is 5.46. The first kappa shape index (κ1) is 14.3. The summed E-state index contributed by atoms with van der Waals surface area (Å²) in [6.45, 7) is 2.26. The fraction of sp³-hybridized carbons (Fsp3) is 0.222. The molecule has 0 aromatic heterocycles. The molecule has 0 saturated heterocycles. The average Bonchev–Trinajstić information content (AvgIpc) is 2.97. The van der Waals surface area contributed by atoms with E-state index in [1.165, 1.54) is 0 Å². The number of anilines is 2. The minimum Gasteiger partial charge on any atom is -0.312 e. The largest absolute Gasteiger partial charge is 0.312 e. The Bertz CT molecular complexity index is 725. The number of amides is 2. The third-order valence-corrected chi connectivity index (χ3v) is 4.05. The van der Waals surface area contributed by atoms with Gasteiger partial charge in [-0.15, -0.1) is 0 Å². The highest BCUT2D eigenvalue weighted by Gasteiger charge is 2.24. The first-order chi connectivity index (χ1) is 10.6. The van der Waals surface area contributed by atoms with Gasteiger partial charge in [-0.3, -0.25) is 9.59 Å². The summed E-state index contributed by atoms with van der Waals surface area (Å²) in [6.07, 6.45) is 0.797. The zero-order chi connectivity index (χ0) is 15.7. The molecule has 0 saturated carbocycles. The minimum absolute atomic E-state index is 0.0410. The van der Waals surface area contributed by atoms with Crippen molar-refractivity contribution in [2.24, 2.45) is 0 Å². The molecule has 3 rings (SSSR count). The Kier molecular flexibility index (Phi) is 3.67. The van der Waals surface area contributed by atoms with Crippen LogP contribution in [0.5, 0.6) is 0 Å². The van der Waals surface area contributed by atoms with Gasteiger partial charge < -0.3 is 9.80 Å². The van der Waals surface area contributed by atoms with Crippen molar-refractivity contribution in [3.63, 3.8) is 0 Å². The smallest absolute Gasteiger partial charge is 0.258 e. The van der Waals surface area contributed by atoms with E-state index in [-0.39, 0.29) is 11.8 Å². The summed E-state index contributed by atoms with van der Waals surface area (Å²) < 4.78 is 0. The molecular formula is C18H18N2O2. The number of rotatable bonds is 2. The number of nitrogens with zero attached hydrogens (tertiary/aromatic N) is 2. The van der Waals surface area contributed by atoms with E-state index in [0.717, 1.165) is 23.4 Å². The van der Waals surface area contributed by atoms with Crippen LogP contribution < -0.4 is 9.80 Å². The molecule has 4 heteroatoms. The van der Waals surface area contributed by atoms with Crippen molar-refractivity contribution in [1.29, 1.82) is 0 Å². The van der Waals surface area contributed by atoms with Crippen LogP contribution in [0.25, 0.3) is 0 Å². The number of para-hydroxylation sites is 1. The Morgan fingerprint density at radius 1 is 1.09 bits per heavy atom. The molecule has 1 aliphatic rings. The van der Waals surface area contributed by atoms with E-state index in [1.54, 1.807) is 29.8 Å². The maximum absolute atomic E-state index is 12.6. The monoisotopic (exact) mass is 294 g/mol. The van der Waals surface area contributed by atoms with Gasteiger partial charge in [0.25, 0.3) is 5.91 Å². The highest BCUT2D eigenvalue weighted by molar-refractivity contribution is 6.06. The summed E-state index contributed by atoms with van der Waals surface area (Å²) in [5.74, 6) is -0.00509. The lowest BCUT2D eigenvalue weighted by atomic mass is 10.1. The van der Waals surface area contributed by atoms with Crippen molar-refractivity contribution in [3.05, 3.63) is 59.7 Å². The van der Waals surface area contributed by atoms with Crippen LogP contribution >= 0.6 is 0 Å². The van der Waals surface area contributed by atoms with E-state index in [1.807, 2.05) is 42.5 Å². The van der Waals surface area contributed by atoms with Crippen molar-refractivity contribution in [1.82, 2.24) is 0 Å². The van der Waals surface area contributed by atoms with Crippen LogP contribution in [0, 0.1) is 0 Å². The van der Waals surface area contributed by atoms with Crippen molar-refractivity contribution >= 4 is 23.2 Å². The van der Waals surface area contributed by atoms with Gasteiger partial charge in [0.2, 0.25) is 5.91 Å². The van der Waals surface area contributed by atoms with Gasteiger partial charge in [0.05, 0.1) is 0 Å². The Morgan fingerprint density at radius 2 is 1.82 bits per heavy atom. The number of fused-ring (bicyclic) bond motifs is 1. The van der Waals surface area contributed by atoms with Crippen LogP contribution in [-0.2, 0) is 11.2 Å². The second kappa shape index (κ2) is 5.64. The summed E-state index contributed by atoms with van der Waals surface area (Å²) in [6, 6.07) is 15.1. The number of hydrogen-bond acceptors (Lipinski definition) is 2. The number of carbonyl (C=O) groups excluding carboxylic acids is 2. The van der Waals surface area contributed by atoms with Crippen LogP contribution in [-0.4, -0.2) is 25.4 Å². The molecule has 1 heterocycles. The molecule has 2 aromatic rings. The van der Waals surface area contributed by atoms with E-state index in [0.29, 0.717) is 12.1 Å². The first-order valence-corrected chi connectivity index (χ1v) is 7.32. The summed E-state index contributed by atoms with van der Waals surface area (Å²) in [4.78, 5) is 27.6. The standard InChI is InChI=1S/C18H18N2O2/c1-13(21)20-11-10-14-12-15(8-9-17(14)20)18(22)19(2)16-6-4-3-5-7-16/h3-9,12H,10-11H2,1-2H3. The van der Waals surface area contributed by atoms with Gasteiger partial charge >= 0.3 is 0 Å². The molecule has 1 aliphatic heterocycles. The van der Waals surface area contributed by atoms with E-state index in [9.17, 15) is 9.59 Å². The molecule has 4 nitrogen and oxygen atoms in total. The summed E-state index contributed by atoms with van der Waals surface area (Å²) >= 11 is 0. The van der Waals surface area contributed by atoms with E-state index in [4.69, 9.17) is 0 Å². The zero-order valence-electron chi connectivity index (χ0n) is 12.7. The third kappa shape index (κ3) is 2.48. The molecular weight excluding hydrogens is 276 g/mol. The Labute approximate surface area is 130 Å². The van der Waals surface area contributed by atoms with E-state index >= 15 is 0 Å². The quantitative estimate of drug-likeness (QED) is 0.854. The Balaban J connectivity index is 1.88. The molecule has 0 unspecified atom stereocenters. The van der Waals surface area contributed by atoms with Gasteiger partial charge in [-0.2, -0.15) is 0 Å². The van der Waals surface area contributed by atoms with E-state index in [2.05, 4.69) is 0 Å². The van der Waals surface area contributed by atoms with Crippen LogP contribution in [0.1, 0.15) is 22.8 Å². The topological polar surface area (TPSA) is 40.6 Å². The summed E-state index contributed by atoms with van der Waals surface area (Å²) in [7, 11) is 1.77. The number of carbonyl (C=O) groups is 2. The van der Waals surface area contributed by atoms with Crippen LogP contribution in [0.4, 0.5) is 11.4 Å². The van der Waals surface area contributed by atoms with Gasteiger partial charge in [-0.05, 0) is 42.3 Å². The highest BCUT2D eigenvalue weighted by atomic mass is 16.2. The Morgan fingerprint density at radius 3 is 2.50 bits per heavy atom. The maximum Gasteiger partial charge on any atom is 0.258 e. The van der Waals surface area contributed by atoms with Crippen molar-refractivity contribution in [3.8, 4) is 0 Å². The van der Waals surface area contributed by atoms with E-state index < -0.39 is 0 Å². The molecule has 0 aliphatic carbocycles. The predicted octanol–water partition coefficient (Wildman–Crippen LogP) is 2.87. The first-order valence-electron chi connectivity index (χ1n) is 7.32. The molecule has 22 heavy (non-hydrogen) atoms. The lowest BCUT2D eigenvalue weighted by molar-refractivity contribution is -0.116. The zero-order valence-corrected chi connectivity index (χ0v) is 12.7. The molecule has 0 N–H and O–H groups in total. The molecule has 2 amide bonds. The summed E-state index contributed by atoms with van der Waals surface area (Å²) in [5, 5.41) is 0. The van der Waals surface area contributed by atoms with Crippen LogP contribution in [0.2, 0.25) is 0 Å². The molecule has 2 aromatic carbocycles. The lowest BCUT2D eigenvalue weighted by Crippen LogP contribution is -2.26. The van der Waals surface area contributed by atoms with Gasteiger partial charge in [0.15, 0.2) is 0 Å². The molecule has 0 fully saturated rings. The third-order valence-electron chi connectivity index (χ3n) is 4.05. The van der Waals surface area contributed by atoms with Crippen LogP contribution in [0.15, 0.2) is 48.5 Å². The second-order valence-corrected chi connectivity index (χ2v) is 5.46. The normalized spacial score (nSPS) is 12.9. The van der Waals surface area contributed by atoms with Crippen LogP contribution in [0.3, 0.4) is 0 Å². The molecule has 0 atom stereocenters. The van der Waals surface area contributed by atoms with Crippen molar-refractivity contribution < 1.29 is 9.59 Å². The minimum atomic E-state index is -0.0460. The number of benzene rings is 2. The van der Waals surface area contributed by atoms with Crippen molar-refractivity contribution in [2.75, 3.05) is 23.4 Å². The predicted molar refractivity (Wildman–Crippen MR) is 87.3 cm³/mol. The molecule has 112 valence electrons. The molecule has 0 spiro atoms. The van der Waals surface area contributed by atoms with Gasteiger partial charge in [-0.1, -0.05) is 18.2 Å². The maximum atomic E-state index is 12.6.